The second kappa shape index (κ2) is 7.71. The predicted octanol–water partition coefficient (Wildman–Crippen LogP) is 2.39. The number of hydrogen-bond donors (Lipinski definition) is 2. The van der Waals surface area contributed by atoms with Crippen LogP contribution in [0.4, 0.5) is 0 Å². The lowest BCUT2D eigenvalue weighted by atomic mass is 10.3. The highest BCUT2D eigenvalue weighted by molar-refractivity contribution is 7.98. The quantitative estimate of drug-likeness (QED) is 0.797. The number of halogens is 2. The minimum atomic E-state index is -3.80. The molecule has 2 N–H and O–H groups in total. The summed E-state index contributed by atoms with van der Waals surface area (Å²) in [6.45, 7) is -0.0933. The number of aliphatic hydroxyl groups is 1. The summed E-state index contributed by atoms with van der Waals surface area (Å²) in [7, 11) is -3.80. The molecule has 0 amide bonds. The van der Waals surface area contributed by atoms with Gasteiger partial charge in [0.1, 0.15) is 4.90 Å². The van der Waals surface area contributed by atoms with Crippen molar-refractivity contribution in [2.45, 2.75) is 17.4 Å². The van der Waals surface area contributed by atoms with Gasteiger partial charge in [-0.2, -0.15) is 11.8 Å². The standard InChI is InChI=1S/C11H15Cl2NO3S2/c1-18-7-8(5-6-15)14-19(16,17)11-9(12)3-2-4-10(11)13/h2-4,8,14-15H,5-7H2,1H3/t8-/m1/s1. The molecule has 1 aromatic carbocycles. The Kier molecular flexibility index (Phi) is 6.93. The summed E-state index contributed by atoms with van der Waals surface area (Å²) in [6.07, 6.45) is 2.20. The van der Waals surface area contributed by atoms with Crippen molar-refractivity contribution in [3.8, 4) is 0 Å². The Labute approximate surface area is 127 Å². The average molecular weight is 344 g/mol. The van der Waals surface area contributed by atoms with Gasteiger partial charge in [-0.05, 0) is 24.8 Å². The molecule has 0 aromatic heterocycles. The van der Waals surface area contributed by atoms with Gasteiger partial charge in [0.05, 0.1) is 10.0 Å². The monoisotopic (exact) mass is 343 g/mol. The molecule has 1 atom stereocenters. The van der Waals surface area contributed by atoms with E-state index in [1.165, 1.54) is 23.9 Å². The first kappa shape index (κ1) is 17.1. The zero-order valence-electron chi connectivity index (χ0n) is 10.3. The number of nitrogens with one attached hydrogen (secondary N) is 1. The van der Waals surface area contributed by atoms with Gasteiger partial charge in [0.2, 0.25) is 10.0 Å². The van der Waals surface area contributed by atoms with Crippen LogP contribution in [0.5, 0.6) is 0 Å². The van der Waals surface area contributed by atoms with Crippen LogP contribution in [-0.4, -0.2) is 38.2 Å². The zero-order chi connectivity index (χ0) is 14.5. The molecule has 0 spiro atoms. The minimum absolute atomic E-state index is 0.0758. The molecule has 0 aliphatic rings. The Morgan fingerprint density at radius 2 is 1.95 bits per heavy atom. The summed E-state index contributed by atoms with van der Waals surface area (Å²) in [5.74, 6) is 0.557. The van der Waals surface area contributed by atoms with Gasteiger partial charge in [-0.25, -0.2) is 13.1 Å². The van der Waals surface area contributed by atoms with E-state index in [4.69, 9.17) is 28.3 Å². The van der Waals surface area contributed by atoms with Crippen LogP contribution < -0.4 is 4.72 Å². The summed E-state index contributed by atoms with van der Waals surface area (Å²) in [5, 5.41) is 9.10. The Balaban J connectivity index is 3.03. The van der Waals surface area contributed by atoms with Gasteiger partial charge in [0.25, 0.3) is 0 Å². The lowest BCUT2D eigenvalue weighted by molar-refractivity contribution is 0.276. The molecule has 108 valence electrons. The van der Waals surface area contributed by atoms with Crippen LogP contribution in [0.15, 0.2) is 23.1 Å². The SMILES string of the molecule is CSC[C@@H](CCO)NS(=O)(=O)c1c(Cl)cccc1Cl. The summed E-state index contributed by atoms with van der Waals surface area (Å²) in [5.41, 5.74) is 0. The number of rotatable bonds is 7. The fraction of sp³-hybridized carbons (Fsp3) is 0.455. The molecule has 0 fully saturated rings. The van der Waals surface area contributed by atoms with Gasteiger partial charge in [0.15, 0.2) is 0 Å². The van der Waals surface area contributed by atoms with E-state index in [-0.39, 0.29) is 27.6 Å². The summed E-state index contributed by atoms with van der Waals surface area (Å²) >= 11 is 13.3. The highest BCUT2D eigenvalue weighted by Gasteiger charge is 2.24. The van der Waals surface area contributed by atoms with Gasteiger partial charge in [-0.3, -0.25) is 0 Å². The Hall–Kier alpha value is 0.0200. The second-order valence-electron chi connectivity index (χ2n) is 3.84. The number of hydrogen-bond acceptors (Lipinski definition) is 4. The molecule has 1 aromatic rings. The van der Waals surface area contributed by atoms with Gasteiger partial charge in [-0.15, -0.1) is 0 Å². The number of sulfonamides is 1. The van der Waals surface area contributed by atoms with Crippen LogP contribution in [0.2, 0.25) is 10.0 Å². The fourth-order valence-electron chi connectivity index (χ4n) is 1.55. The zero-order valence-corrected chi connectivity index (χ0v) is 13.4. The fourth-order valence-corrected chi connectivity index (χ4v) is 4.72. The van der Waals surface area contributed by atoms with Crippen LogP contribution >= 0.6 is 35.0 Å². The summed E-state index contributed by atoms with van der Waals surface area (Å²) in [6, 6.07) is 4.16. The van der Waals surface area contributed by atoms with Gasteiger partial charge in [-0.1, -0.05) is 29.3 Å². The van der Waals surface area contributed by atoms with Crippen LogP contribution in [0.3, 0.4) is 0 Å². The highest BCUT2D eigenvalue weighted by atomic mass is 35.5. The Bertz CT molecular complexity index is 496. The Morgan fingerprint density at radius 3 is 2.42 bits per heavy atom. The van der Waals surface area contributed by atoms with Crippen molar-refractivity contribution in [3.63, 3.8) is 0 Å². The molecule has 4 nitrogen and oxygen atoms in total. The van der Waals surface area contributed by atoms with Crippen molar-refractivity contribution in [3.05, 3.63) is 28.2 Å². The first-order valence-electron chi connectivity index (χ1n) is 5.48. The number of benzene rings is 1. The van der Waals surface area contributed by atoms with Gasteiger partial charge >= 0.3 is 0 Å². The minimum Gasteiger partial charge on any atom is -0.396 e. The molecule has 8 heteroatoms. The van der Waals surface area contributed by atoms with Crippen LogP contribution in [0, 0.1) is 0 Å². The van der Waals surface area contributed by atoms with Crippen molar-refractivity contribution < 1.29 is 13.5 Å². The maximum absolute atomic E-state index is 12.3. The summed E-state index contributed by atoms with van der Waals surface area (Å²) < 4.78 is 27.0. The van der Waals surface area contributed by atoms with Crippen LogP contribution in [0.25, 0.3) is 0 Å². The van der Waals surface area contributed by atoms with E-state index < -0.39 is 10.0 Å². The van der Waals surface area contributed by atoms with E-state index in [1.54, 1.807) is 6.07 Å². The van der Waals surface area contributed by atoms with Crippen molar-refractivity contribution in [1.82, 2.24) is 4.72 Å². The van der Waals surface area contributed by atoms with Crippen molar-refractivity contribution in [2.75, 3.05) is 18.6 Å². The van der Waals surface area contributed by atoms with Crippen LogP contribution in [0.1, 0.15) is 6.42 Å². The molecule has 0 saturated heterocycles. The smallest absolute Gasteiger partial charge is 0.243 e. The molecule has 0 radical (unpaired) electrons. The lowest BCUT2D eigenvalue weighted by Gasteiger charge is -2.17. The first-order chi connectivity index (χ1) is 8.92. The van der Waals surface area contributed by atoms with Crippen molar-refractivity contribution in [1.29, 1.82) is 0 Å². The molecular weight excluding hydrogens is 329 g/mol. The third kappa shape index (κ3) is 4.81. The average Bonchev–Trinajstić information content (AvgIpc) is 2.28. The topological polar surface area (TPSA) is 66.4 Å². The first-order valence-corrected chi connectivity index (χ1v) is 9.11. The number of thioether (sulfide) groups is 1. The maximum Gasteiger partial charge on any atom is 0.243 e. The highest BCUT2D eigenvalue weighted by Crippen LogP contribution is 2.29. The van der Waals surface area contributed by atoms with E-state index in [0.29, 0.717) is 12.2 Å². The van der Waals surface area contributed by atoms with Crippen LogP contribution in [-0.2, 0) is 10.0 Å². The second-order valence-corrected chi connectivity index (χ2v) is 7.21. The molecule has 0 unspecified atom stereocenters. The molecule has 0 heterocycles. The molecule has 0 aliphatic carbocycles. The third-order valence-corrected chi connectivity index (χ3v) is 5.57. The van der Waals surface area contributed by atoms with Crippen molar-refractivity contribution >= 4 is 45.0 Å². The van der Waals surface area contributed by atoms with Gasteiger partial charge in [0, 0.05) is 18.4 Å². The van der Waals surface area contributed by atoms with E-state index in [9.17, 15) is 8.42 Å². The number of aliphatic hydroxyl groups excluding tert-OH is 1. The van der Waals surface area contributed by atoms with E-state index in [0.717, 1.165) is 0 Å². The molecule has 0 saturated carbocycles. The molecule has 0 aliphatic heterocycles. The van der Waals surface area contributed by atoms with E-state index in [1.807, 2.05) is 6.26 Å². The normalized spacial score (nSPS) is 13.5. The summed E-state index contributed by atoms with van der Waals surface area (Å²) in [4.78, 5) is -0.123. The van der Waals surface area contributed by atoms with Gasteiger partial charge < -0.3 is 5.11 Å². The van der Waals surface area contributed by atoms with E-state index in [2.05, 4.69) is 4.72 Å². The molecule has 1 rings (SSSR count). The predicted molar refractivity (Wildman–Crippen MR) is 80.7 cm³/mol. The maximum atomic E-state index is 12.3. The van der Waals surface area contributed by atoms with Crippen molar-refractivity contribution in [2.24, 2.45) is 0 Å². The largest absolute Gasteiger partial charge is 0.396 e. The molecule has 0 bridgehead atoms. The lowest BCUT2D eigenvalue weighted by Crippen LogP contribution is -2.37. The molecule has 19 heavy (non-hydrogen) atoms. The Morgan fingerprint density at radius 1 is 1.37 bits per heavy atom. The van der Waals surface area contributed by atoms with E-state index >= 15 is 0 Å². The third-order valence-electron chi connectivity index (χ3n) is 2.35. The molecular formula is C11H15Cl2NO3S2.